The molecule has 0 aliphatic heterocycles. The fourth-order valence-electron chi connectivity index (χ4n) is 2.66. The first-order chi connectivity index (χ1) is 10.1. The van der Waals surface area contributed by atoms with Crippen molar-refractivity contribution in [2.24, 2.45) is 0 Å². The van der Waals surface area contributed by atoms with Crippen LogP contribution in [0.4, 0.5) is 0 Å². The Hall–Kier alpha value is -0.970. The van der Waals surface area contributed by atoms with Crippen molar-refractivity contribution in [3.05, 3.63) is 17.5 Å². The Morgan fingerprint density at radius 1 is 0.955 bits per heavy atom. The molecule has 1 aromatic rings. The molecule has 0 spiro atoms. The minimum absolute atomic E-state index is 0.0308. The Labute approximate surface area is 135 Å². The summed E-state index contributed by atoms with van der Waals surface area (Å²) in [4.78, 5) is 8.68. The number of sulfone groups is 1. The maximum atomic E-state index is 11.9. The Morgan fingerprint density at radius 3 is 1.77 bits per heavy atom. The van der Waals surface area contributed by atoms with Gasteiger partial charge < -0.3 is 0 Å². The van der Waals surface area contributed by atoms with E-state index in [0.717, 1.165) is 36.9 Å². The molecule has 22 heavy (non-hydrogen) atoms. The highest BCUT2D eigenvalue weighted by Crippen LogP contribution is 2.40. The summed E-state index contributed by atoms with van der Waals surface area (Å²) in [5, 5.41) is -0.0612. The molecule has 0 aliphatic carbocycles. The summed E-state index contributed by atoms with van der Waals surface area (Å²) in [6.07, 6.45) is 6.69. The topological polar surface area (TPSA) is 59.9 Å². The average Bonchev–Trinajstić information content (AvgIpc) is 2.51. The zero-order chi connectivity index (χ0) is 17.2. The van der Waals surface area contributed by atoms with Gasteiger partial charge >= 0.3 is 0 Å². The van der Waals surface area contributed by atoms with Crippen LogP contribution in [0.2, 0.25) is 0 Å². The highest BCUT2D eigenvalue weighted by molar-refractivity contribution is 7.90. The molecule has 0 N–H and O–H groups in total. The van der Waals surface area contributed by atoms with Crippen molar-refractivity contribution in [2.75, 3.05) is 6.26 Å². The lowest BCUT2D eigenvalue weighted by atomic mass is 9.71. The largest absolute Gasteiger partial charge is 0.247 e. The first-order valence-corrected chi connectivity index (χ1v) is 10.0. The standard InChI is InChI=1S/C17H30N2O2S/c1-8-16(5,9-2)13-12-18-15(22(7,20)21)19-14(13)17(6,10-3)11-4/h12H,8-11H2,1-7H3. The number of aromatic nitrogens is 2. The molecular weight excluding hydrogens is 296 g/mol. The molecule has 5 heteroatoms. The molecule has 1 rings (SSSR count). The highest BCUT2D eigenvalue weighted by Gasteiger charge is 2.35. The Kier molecular flexibility index (Phi) is 5.77. The quantitative estimate of drug-likeness (QED) is 0.710. The Morgan fingerprint density at radius 2 is 1.41 bits per heavy atom. The second kappa shape index (κ2) is 6.65. The third-order valence-corrected chi connectivity index (χ3v) is 6.30. The van der Waals surface area contributed by atoms with Gasteiger partial charge in [-0.25, -0.2) is 18.4 Å². The zero-order valence-corrected chi connectivity index (χ0v) is 15.8. The van der Waals surface area contributed by atoms with Crippen LogP contribution in [0.5, 0.6) is 0 Å². The summed E-state index contributed by atoms with van der Waals surface area (Å²) in [5.41, 5.74) is 1.83. The second-order valence-corrected chi connectivity index (χ2v) is 8.63. The van der Waals surface area contributed by atoms with Crippen molar-refractivity contribution in [3.8, 4) is 0 Å². The summed E-state index contributed by atoms with van der Waals surface area (Å²) in [6.45, 7) is 13.0. The van der Waals surface area contributed by atoms with Gasteiger partial charge in [-0.15, -0.1) is 0 Å². The van der Waals surface area contributed by atoms with Crippen LogP contribution in [0.3, 0.4) is 0 Å². The number of rotatable bonds is 7. The van der Waals surface area contributed by atoms with Crippen LogP contribution in [0.1, 0.15) is 78.5 Å². The summed E-state index contributed by atoms with van der Waals surface area (Å²) in [7, 11) is -3.40. The summed E-state index contributed by atoms with van der Waals surface area (Å²) >= 11 is 0. The molecule has 0 saturated heterocycles. The summed E-state index contributed by atoms with van der Waals surface area (Å²) in [6, 6.07) is 0. The van der Waals surface area contributed by atoms with Crippen molar-refractivity contribution in [1.29, 1.82) is 0 Å². The third kappa shape index (κ3) is 3.50. The van der Waals surface area contributed by atoms with Gasteiger partial charge in [-0.3, -0.25) is 0 Å². The van der Waals surface area contributed by atoms with Crippen LogP contribution in [-0.2, 0) is 20.7 Å². The summed E-state index contributed by atoms with van der Waals surface area (Å²) in [5.74, 6) is 0. The van der Waals surface area contributed by atoms with Crippen molar-refractivity contribution in [1.82, 2.24) is 9.97 Å². The molecule has 126 valence electrons. The van der Waals surface area contributed by atoms with Gasteiger partial charge in [0.15, 0.2) is 0 Å². The molecule has 0 amide bonds. The summed E-state index contributed by atoms with van der Waals surface area (Å²) < 4.78 is 23.7. The molecular formula is C17H30N2O2S. The molecule has 0 fully saturated rings. The minimum Gasteiger partial charge on any atom is -0.227 e. The second-order valence-electron chi connectivity index (χ2n) is 6.72. The van der Waals surface area contributed by atoms with E-state index < -0.39 is 9.84 Å². The van der Waals surface area contributed by atoms with Gasteiger partial charge in [-0.1, -0.05) is 41.5 Å². The molecule has 0 aliphatic rings. The van der Waals surface area contributed by atoms with E-state index in [9.17, 15) is 8.42 Å². The van der Waals surface area contributed by atoms with E-state index in [1.807, 2.05) is 0 Å². The SMILES string of the molecule is CCC(C)(CC)c1cnc(S(C)(=O)=O)nc1C(C)(CC)CC. The fraction of sp³-hybridized carbons (Fsp3) is 0.765. The molecule has 4 nitrogen and oxygen atoms in total. The number of hydrogen-bond acceptors (Lipinski definition) is 4. The van der Waals surface area contributed by atoms with E-state index in [-0.39, 0.29) is 16.0 Å². The first-order valence-electron chi connectivity index (χ1n) is 8.16. The van der Waals surface area contributed by atoms with Crippen LogP contribution in [0, 0.1) is 0 Å². The third-order valence-electron chi connectivity index (χ3n) is 5.44. The molecule has 1 heterocycles. The van der Waals surface area contributed by atoms with Gasteiger partial charge in [0.25, 0.3) is 0 Å². The van der Waals surface area contributed by atoms with E-state index in [1.165, 1.54) is 6.26 Å². The Balaban J connectivity index is 3.73. The van der Waals surface area contributed by atoms with E-state index in [2.05, 4.69) is 51.5 Å². The van der Waals surface area contributed by atoms with Crippen molar-refractivity contribution >= 4 is 9.84 Å². The normalized spacial score (nSPS) is 13.4. The van der Waals surface area contributed by atoms with Gasteiger partial charge in [-0.05, 0) is 36.7 Å². The van der Waals surface area contributed by atoms with Crippen LogP contribution < -0.4 is 0 Å². The number of hydrogen-bond donors (Lipinski definition) is 0. The molecule has 0 radical (unpaired) electrons. The van der Waals surface area contributed by atoms with Gasteiger partial charge in [0.05, 0.1) is 5.69 Å². The highest BCUT2D eigenvalue weighted by atomic mass is 32.2. The van der Waals surface area contributed by atoms with Crippen LogP contribution in [0.15, 0.2) is 11.4 Å². The average molecular weight is 327 g/mol. The lowest BCUT2D eigenvalue weighted by molar-refractivity contribution is 0.377. The molecule has 0 saturated carbocycles. The van der Waals surface area contributed by atoms with Gasteiger partial charge in [0.1, 0.15) is 0 Å². The molecule has 0 atom stereocenters. The smallest absolute Gasteiger partial charge is 0.227 e. The molecule has 0 bridgehead atoms. The van der Waals surface area contributed by atoms with E-state index in [4.69, 9.17) is 0 Å². The van der Waals surface area contributed by atoms with Crippen LogP contribution in [0.25, 0.3) is 0 Å². The van der Waals surface area contributed by atoms with Gasteiger partial charge in [0.2, 0.25) is 15.0 Å². The maximum absolute atomic E-state index is 11.9. The minimum atomic E-state index is -3.40. The molecule has 1 aromatic heterocycles. The monoisotopic (exact) mass is 326 g/mol. The van der Waals surface area contributed by atoms with Crippen molar-refractivity contribution in [3.63, 3.8) is 0 Å². The van der Waals surface area contributed by atoms with Crippen LogP contribution in [-0.4, -0.2) is 24.6 Å². The molecule has 0 unspecified atom stereocenters. The van der Waals surface area contributed by atoms with E-state index >= 15 is 0 Å². The fourth-order valence-corrected chi connectivity index (χ4v) is 3.16. The van der Waals surface area contributed by atoms with Crippen molar-refractivity contribution < 1.29 is 8.42 Å². The molecule has 0 aromatic carbocycles. The van der Waals surface area contributed by atoms with E-state index in [1.54, 1.807) is 6.20 Å². The van der Waals surface area contributed by atoms with E-state index in [0.29, 0.717) is 0 Å². The van der Waals surface area contributed by atoms with Gasteiger partial charge in [0, 0.05) is 17.9 Å². The maximum Gasteiger partial charge on any atom is 0.247 e. The van der Waals surface area contributed by atoms with Gasteiger partial charge in [-0.2, -0.15) is 0 Å². The predicted molar refractivity (Wildman–Crippen MR) is 91.0 cm³/mol. The predicted octanol–water partition coefficient (Wildman–Crippen LogP) is 4.04. The lowest BCUT2D eigenvalue weighted by Gasteiger charge is -2.35. The zero-order valence-electron chi connectivity index (χ0n) is 15.0. The number of nitrogens with zero attached hydrogens (tertiary/aromatic N) is 2. The van der Waals surface area contributed by atoms with Crippen molar-refractivity contribution in [2.45, 2.75) is 83.2 Å². The first kappa shape index (κ1) is 19.1. The van der Waals surface area contributed by atoms with Crippen LogP contribution >= 0.6 is 0 Å². The lowest BCUT2D eigenvalue weighted by Crippen LogP contribution is -2.31. The Bertz CT molecular complexity index is 616.